The third-order valence-corrected chi connectivity index (χ3v) is 5.94. The van der Waals surface area contributed by atoms with Gasteiger partial charge in [0.1, 0.15) is 0 Å². The van der Waals surface area contributed by atoms with Gasteiger partial charge in [-0.2, -0.15) is 0 Å². The summed E-state index contributed by atoms with van der Waals surface area (Å²) in [4.78, 5) is 3.92. The molecule has 0 aromatic carbocycles. The SMILES string of the molecule is CC1SC(C2CC2NC2CCC(N)CC2)=CN1C. The molecule has 18 heavy (non-hydrogen) atoms. The first-order chi connectivity index (χ1) is 8.63. The van der Waals surface area contributed by atoms with Crippen LogP contribution in [0.4, 0.5) is 0 Å². The van der Waals surface area contributed by atoms with Crippen molar-refractivity contribution in [3.05, 3.63) is 11.1 Å². The van der Waals surface area contributed by atoms with Crippen LogP contribution in [0, 0.1) is 5.92 Å². The van der Waals surface area contributed by atoms with E-state index in [0.717, 1.165) is 18.0 Å². The Morgan fingerprint density at radius 2 is 2.06 bits per heavy atom. The molecule has 3 unspecified atom stereocenters. The molecule has 0 spiro atoms. The average Bonchev–Trinajstić information content (AvgIpc) is 3.02. The number of thioether (sulfide) groups is 1. The predicted molar refractivity (Wildman–Crippen MR) is 78.2 cm³/mol. The molecule has 3 atom stereocenters. The quantitative estimate of drug-likeness (QED) is 0.822. The first-order valence-corrected chi connectivity index (χ1v) is 8.13. The largest absolute Gasteiger partial charge is 0.368 e. The van der Waals surface area contributed by atoms with Gasteiger partial charge in [-0.05, 0) is 39.0 Å². The topological polar surface area (TPSA) is 41.3 Å². The maximum Gasteiger partial charge on any atom is 0.0757 e. The Morgan fingerprint density at radius 1 is 1.33 bits per heavy atom. The van der Waals surface area contributed by atoms with Gasteiger partial charge in [0.25, 0.3) is 0 Å². The molecule has 4 heteroatoms. The lowest BCUT2D eigenvalue weighted by atomic mass is 9.92. The van der Waals surface area contributed by atoms with Gasteiger partial charge in [0.2, 0.25) is 0 Å². The summed E-state index contributed by atoms with van der Waals surface area (Å²) in [6, 6.07) is 1.92. The summed E-state index contributed by atoms with van der Waals surface area (Å²) in [7, 11) is 2.18. The van der Waals surface area contributed by atoms with Crippen molar-refractivity contribution in [1.29, 1.82) is 0 Å². The second-order valence-electron chi connectivity index (χ2n) is 6.14. The van der Waals surface area contributed by atoms with E-state index in [4.69, 9.17) is 5.73 Å². The van der Waals surface area contributed by atoms with E-state index in [1.165, 1.54) is 32.1 Å². The van der Waals surface area contributed by atoms with E-state index in [-0.39, 0.29) is 0 Å². The highest BCUT2D eigenvalue weighted by Gasteiger charge is 2.43. The molecule has 2 fully saturated rings. The van der Waals surface area contributed by atoms with Crippen molar-refractivity contribution in [3.63, 3.8) is 0 Å². The fourth-order valence-corrected chi connectivity index (χ4v) is 4.36. The van der Waals surface area contributed by atoms with Crippen LogP contribution < -0.4 is 11.1 Å². The van der Waals surface area contributed by atoms with E-state index < -0.39 is 0 Å². The second-order valence-corrected chi connectivity index (χ2v) is 7.53. The number of hydrogen-bond acceptors (Lipinski definition) is 4. The predicted octanol–water partition coefficient (Wildman–Crippen LogP) is 2.10. The molecule has 0 aromatic rings. The van der Waals surface area contributed by atoms with Crippen LogP contribution in [0.15, 0.2) is 11.1 Å². The van der Waals surface area contributed by atoms with Crippen LogP contribution in [0.2, 0.25) is 0 Å². The summed E-state index contributed by atoms with van der Waals surface area (Å²) >= 11 is 2.04. The van der Waals surface area contributed by atoms with Crippen molar-refractivity contribution in [2.75, 3.05) is 7.05 Å². The van der Waals surface area contributed by atoms with Crippen molar-refractivity contribution in [1.82, 2.24) is 10.2 Å². The first kappa shape index (κ1) is 12.8. The highest BCUT2D eigenvalue weighted by atomic mass is 32.2. The Kier molecular flexibility index (Phi) is 3.61. The standard InChI is InChI=1S/C14H25N3S/c1-9-17(2)8-14(18-9)12-7-13(12)16-11-5-3-10(15)4-6-11/h8-13,16H,3-7,15H2,1-2H3. The van der Waals surface area contributed by atoms with Crippen LogP contribution in [0.3, 0.4) is 0 Å². The molecule has 2 saturated carbocycles. The Balaban J connectivity index is 1.46. The number of hydrogen-bond donors (Lipinski definition) is 2. The van der Waals surface area contributed by atoms with Crippen LogP contribution in [-0.2, 0) is 0 Å². The Hall–Kier alpha value is -0.190. The maximum atomic E-state index is 5.96. The van der Waals surface area contributed by atoms with Gasteiger partial charge in [-0.3, -0.25) is 0 Å². The molecule has 1 aliphatic heterocycles. The highest BCUT2D eigenvalue weighted by molar-refractivity contribution is 8.03. The molecule has 0 bridgehead atoms. The highest BCUT2D eigenvalue weighted by Crippen LogP contribution is 2.47. The van der Waals surface area contributed by atoms with E-state index in [1.54, 1.807) is 4.91 Å². The molecule has 3 aliphatic rings. The van der Waals surface area contributed by atoms with E-state index >= 15 is 0 Å². The van der Waals surface area contributed by atoms with Gasteiger partial charge in [-0.1, -0.05) is 0 Å². The molecular formula is C14H25N3S. The van der Waals surface area contributed by atoms with E-state index in [2.05, 4.69) is 30.4 Å². The minimum atomic E-state index is 0.459. The Labute approximate surface area is 115 Å². The summed E-state index contributed by atoms with van der Waals surface area (Å²) in [5, 5.41) is 4.46. The molecule has 0 aromatic heterocycles. The third kappa shape index (κ3) is 2.70. The number of nitrogens with two attached hydrogens (primary N) is 1. The van der Waals surface area contributed by atoms with E-state index in [9.17, 15) is 0 Å². The fourth-order valence-electron chi connectivity index (χ4n) is 3.08. The summed E-state index contributed by atoms with van der Waals surface area (Å²) in [5.74, 6) is 0.790. The number of nitrogens with one attached hydrogen (secondary N) is 1. The molecule has 0 amide bonds. The van der Waals surface area contributed by atoms with Gasteiger partial charge < -0.3 is 16.0 Å². The molecule has 102 valence electrons. The Bertz CT molecular complexity index is 336. The Morgan fingerprint density at radius 3 is 2.67 bits per heavy atom. The molecule has 0 radical (unpaired) electrons. The first-order valence-electron chi connectivity index (χ1n) is 7.25. The van der Waals surface area contributed by atoms with Crippen LogP contribution in [0.5, 0.6) is 0 Å². The van der Waals surface area contributed by atoms with Crippen LogP contribution in [0.1, 0.15) is 39.0 Å². The van der Waals surface area contributed by atoms with Gasteiger partial charge in [-0.25, -0.2) is 0 Å². The molecule has 2 aliphatic carbocycles. The minimum Gasteiger partial charge on any atom is -0.368 e. The average molecular weight is 267 g/mol. The van der Waals surface area contributed by atoms with Gasteiger partial charge in [-0.15, -0.1) is 11.8 Å². The normalized spacial score (nSPS) is 44.1. The second kappa shape index (κ2) is 5.06. The minimum absolute atomic E-state index is 0.459. The van der Waals surface area contributed by atoms with Crippen LogP contribution in [0.25, 0.3) is 0 Å². The molecule has 1 heterocycles. The van der Waals surface area contributed by atoms with Crippen molar-refractivity contribution < 1.29 is 0 Å². The third-order valence-electron chi connectivity index (χ3n) is 4.59. The van der Waals surface area contributed by atoms with Gasteiger partial charge in [0.05, 0.1) is 5.37 Å². The fraction of sp³-hybridized carbons (Fsp3) is 0.857. The van der Waals surface area contributed by atoms with Crippen LogP contribution >= 0.6 is 11.8 Å². The summed E-state index contributed by atoms with van der Waals surface area (Å²) in [6.45, 7) is 2.28. The lowest BCUT2D eigenvalue weighted by Gasteiger charge is -2.27. The van der Waals surface area contributed by atoms with Gasteiger partial charge >= 0.3 is 0 Å². The van der Waals surface area contributed by atoms with Crippen molar-refractivity contribution >= 4 is 11.8 Å². The smallest absolute Gasteiger partial charge is 0.0757 e. The van der Waals surface area contributed by atoms with Crippen molar-refractivity contribution in [3.8, 4) is 0 Å². The lowest BCUT2D eigenvalue weighted by Crippen LogP contribution is -2.38. The zero-order chi connectivity index (χ0) is 12.7. The summed E-state index contributed by atoms with van der Waals surface area (Å²) < 4.78 is 0. The lowest BCUT2D eigenvalue weighted by molar-refractivity contribution is 0.338. The maximum absolute atomic E-state index is 5.96. The summed E-state index contributed by atoms with van der Waals surface area (Å²) in [6.07, 6.45) is 8.62. The number of nitrogens with zero attached hydrogens (tertiary/aromatic N) is 1. The summed E-state index contributed by atoms with van der Waals surface area (Å²) in [5.41, 5.74) is 5.96. The van der Waals surface area contributed by atoms with Gasteiger partial charge in [0, 0.05) is 42.2 Å². The van der Waals surface area contributed by atoms with Crippen LogP contribution in [-0.4, -0.2) is 35.4 Å². The van der Waals surface area contributed by atoms with Gasteiger partial charge in [0.15, 0.2) is 0 Å². The molecule has 3 N–H and O–H groups in total. The van der Waals surface area contributed by atoms with E-state index in [1.807, 2.05) is 11.8 Å². The molecule has 3 rings (SSSR count). The number of rotatable bonds is 3. The van der Waals surface area contributed by atoms with E-state index in [0.29, 0.717) is 11.4 Å². The van der Waals surface area contributed by atoms with Crippen molar-refractivity contribution in [2.24, 2.45) is 11.7 Å². The zero-order valence-corrected chi connectivity index (χ0v) is 12.2. The monoisotopic (exact) mass is 267 g/mol. The molecule has 3 nitrogen and oxygen atoms in total. The molecular weight excluding hydrogens is 242 g/mol. The molecule has 0 saturated heterocycles. The van der Waals surface area contributed by atoms with Crippen molar-refractivity contribution in [2.45, 2.75) is 62.5 Å². The zero-order valence-electron chi connectivity index (χ0n) is 11.4.